The highest BCUT2D eigenvalue weighted by Gasteiger charge is 2.40. The maximum absolute atomic E-state index is 6.44. The van der Waals surface area contributed by atoms with Gasteiger partial charge in [0, 0.05) is 5.56 Å². The topological polar surface area (TPSA) is 52.6 Å². The lowest BCUT2D eigenvalue weighted by Gasteiger charge is -2.26. The van der Waals surface area contributed by atoms with Gasteiger partial charge in [0.15, 0.2) is 11.3 Å². The molecular formula is C22H18N3O2PS. The van der Waals surface area contributed by atoms with E-state index in [4.69, 9.17) is 30.8 Å². The summed E-state index contributed by atoms with van der Waals surface area (Å²) in [5, 5.41) is 5.61. The van der Waals surface area contributed by atoms with Gasteiger partial charge < -0.3 is 8.94 Å². The number of hydrogen-bond donors (Lipinski definition) is 0. The Morgan fingerprint density at radius 3 is 2.24 bits per heavy atom. The van der Waals surface area contributed by atoms with Crippen molar-refractivity contribution in [2.45, 2.75) is 13.8 Å². The molecule has 0 saturated carbocycles. The molecule has 5 rings (SSSR count). The summed E-state index contributed by atoms with van der Waals surface area (Å²) < 4.78 is 14.3. The van der Waals surface area contributed by atoms with E-state index in [0.717, 1.165) is 28.0 Å². The van der Waals surface area contributed by atoms with E-state index in [1.807, 2.05) is 91.3 Å². The third-order valence-corrected chi connectivity index (χ3v) is 8.43. The first-order chi connectivity index (χ1) is 14.1. The highest BCUT2D eigenvalue weighted by atomic mass is 32.4. The first-order valence-corrected chi connectivity index (χ1v) is 11.9. The number of aryl methyl sites for hydroxylation is 2. The van der Waals surface area contributed by atoms with Crippen LogP contribution in [0.15, 0.2) is 82.2 Å². The lowest BCUT2D eigenvalue weighted by Crippen LogP contribution is -2.25. The van der Waals surface area contributed by atoms with Gasteiger partial charge in [-0.25, -0.2) is 4.68 Å². The zero-order valence-electron chi connectivity index (χ0n) is 15.9. The number of hydrogen-bond acceptors (Lipinski definition) is 5. The zero-order chi connectivity index (χ0) is 20.0. The van der Waals surface area contributed by atoms with Crippen LogP contribution in [0.5, 0.6) is 0 Å². The second-order valence-corrected chi connectivity index (χ2v) is 10.5. The van der Waals surface area contributed by atoms with Crippen LogP contribution in [0.2, 0.25) is 0 Å². The van der Waals surface area contributed by atoms with Crippen molar-refractivity contribution in [1.82, 2.24) is 9.78 Å². The molecule has 144 valence electrons. The number of rotatable bonds is 3. The van der Waals surface area contributed by atoms with Crippen molar-refractivity contribution in [2.75, 3.05) is 0 Å². The van der Waals surface area contributed by atoms with Gasteiger partial charge in [-0.1, -0.05) is 36.4 Å². The Labute approximate surface area is 173 Å². The van der Waals surface area contributed by atoms with E-state index in [0.29, 0.717) is 17.2 Å². The molecule has 1 aliphatic rings. The Hall–Kier alpha value is -2.95. The molecule has 0 amide bonds. The standard InChI is InChI=1S/C22H18N3O2PS/c1-15-13-14-19(26-15)28(29)20-16(2)24-25(18-11-7-4-8-12-18)21(20)23-22(27-28)17-9-5-3-6-10-17/h3-14H,1-2H3. The molecule has 5 nitrogen and oxygen atoms in total. The highest BCUT2D eigenvalue weighted by Crippen LogP contribution is 2.52. The average Bonchev–Trinajstić information content (AvgIpc) is 3.33. The Balaban J connectivity index is 1.80. The third-order valence-electron chi connectivity index (χ3n) is 4.76. The van der Waals surface area contributed by atoms with Crippen LogP contribution in [0.3, 0.4) is 0 Å². The predicted octanol–water partition coefficient (Wildman–Crippen LogP) is 4.54. The van der Waals surface area contributed by atoms with Crippen LogP contribution in [-0.4, -0.2) is 15.7 Å². The van der Waals surface area contributed by atoms with E-state index in [9.17, 15) is 0 Å². The van der Waals surface area contributed by atoms with Gasteiger partial charge in [-0.05, 0) is 62.1 Å². The molecule has 0 spiro atoms. The van der Waals surface area contributed by atoms with Crippen molar-refractivity contribution >= 4 is 40.6 Å². The van der Waals surface area contributed by atoms with Crippen LogP contribution >= 0.6 is 6.26 Å². The summed E-state index contributed by atoms with van der Waals surface area (Å²) in [5.74, 6) is 2.00. The number of benzene rings is 2. The van der Waals surface area contributed by atoms with Gasteiger partial charge in [-0.2, -0.15) is 10.1 Å². The van der Waals surface area contributed by atoms with Gasteiger partial charge in [0.05, 0.1) is 16.7 Å². The van der Waals surface area contributed by atoms with E-state index in [1.165, 1.54) is 0 Å². The van der Waals surface area contributed by atoms with Gasteiger partial charge in [0.25, 0.3) is 0 Å². The molecule has 1 aliphatic heterocycles. The van der Waals surface area contributed by atoms with E-state index in [1.54, 1.807) is 0 Å². The number of aliphatic imine (C=N–C) groups is 1. The quantitative estimate of drug-likeness (QED) is 0.458. The van der Waals surface area contributed by atoms with E-state index >= 15 is 0 Å². The minimum absolute atomic E-state index is 0.493. The molecular weight excluding hydrogens is 401 g/mol. The third kappa shape index (κ3) is 2.96. The largest absolute Gasteiger partial charge is 0.457 e. The molecule has 0 bridgehead atoms. The molecule has 1 unspecified atom stereocenters. The summed E-state index contributed by atoms with van der Waals surface area (Å²) in [7, 11) is 0. The van der Waals surface area contributed by atoms with Gasteiger partial charge >= 0.3 is 0 Å². The van der Waals surface area contributed by atoms with Gasteiger partial charge in [0.2, 0.25) is 12.2 Å². The number of para-hydroxylation sites is 1. The molecule has 4 aromatic rings. The summed E-state index contributed by atoms with van der Waals surface area (Å²) in [5.41, 5.74) is 3.25. The molecule has 0 saturated heterocycles. The van der Waals surface area contributed by atoms with Gasteiger partial charge in [-0.15, -0.1) is 0 Å². The van der Waals surface area contributed by atoms with Crippen molar-refractivity contribution in [2.24, 2.45) is 4.99 Å². The fraction of sp³-hybridized carbons (Fsp3) is 0.0909. The fourth-order valence-electron chi connectivity index (χ4n) is 3.42. The normalized spacial score (nSPS) is 18.1. The van der Waals surface area contributed by atoms with Crippen LogP contribution in [-0.2, 0) is 16.3 Å². The second-order valence-electron chi connectivity index (χ2n) is 6.82. The van der Waals surface area contributed by atoms with Crippen molar-refractivity contribution in [1.29, 1.82) is 0 Å². The van der Waals surface area contributed by atoms with Crippen LogP contribution in [0.4, 0.5) is 5.82 Å². The first-order valence-electron chi connectivity index (χ1n) is 9.22. The maximum atomic E-state index is 6.44. The van der Waals surface area contributed by atoms with Crippen LogP contribution in [0.1, 0.15) is 17.0 Å². The second kappa shape index (κ2) is 6.83. The Morgan fingerprint density at radius 2 is 1.59 bits per heavy atom. The van der Waals surface area contributed by atoms with Crippen molar-refractivity contribution in [3.8, 4) is 5.69 Å². The molecule has 2 aromatic carbocycles. The van der Waals surface area contributed by atoms with Crippen molar-refractivity contribution in [3.63, 3.8) is 0 Å². The first kappa shape index (κ1) is 18.1. The maximum Gasteiger partial charge on any atom is 0.227 e. The number of fused-ring (bicyclic) bond motifs is 1. The minimum Gasteiger partial charge on any atom is -0.457 e. The fourth-order valence-corrected chi connectivity index (χ4v) is 6.77. The molecule has 0 N–H and O–H groups in total. The summed E-state index contributed by atoms with van der Waals surface area (Å²) in [6.45, 7) is 3.85. The predicted molar refractivity (Wildman–Crippen MR) is 119 cm³/mol. The SMILES string of the molecule is Cc1ccc(P2(=S)OC(c3ccccc3)=Nc3c2c(C)nn3-c2ccccc2)o1. The Morgan fingerprint density at radius 1 is 0.897 bits per heavy atom. The van der Waals surface area contributed by atoms with Crippen molar-refractivity contribution in [3.05, 3.63) is 89.8 Å². The Kier molecular flexibility index (Phi) is 4.26. The minimum atomic E-state index is -2.74. The van der Waals surface area contributed by atoms with E-state index in [-0.39, 0.29) is 0 Å². The van der Waals surface area contributed by atoms with Crippen LogP contribution in [0, 0.1) is 13.8 Å². The molecule has 2 aromatic heterocycles. The molecule has 0 radical (unpaired) electrons. The average molecular weight is 419 g/mol. The summed E-state index contributed by atoms with van der Waals surface area (Å²) in [6, 6.07) is 23.6. The molecule has 29 heavy (non-hydrogen) atoms. The van der Waals surface area contributed by atoms with E-state index in [2.05, 4.69) is 0 Å². The molecule has 3 heterocycles. The van der Waals surface area contributed by atoms with Crippen LogP contribution in [0.25, 0.3) is 5.69 Å². The molecule has 0 fully saturated rings. The summed E-state index contributed by atoms with van der Waals surface area (Å²) >= 11 is 6.18. The lowest BCUT2D eigenvalue weighted by molar-refractivity contribution is 0.549. The lowest BCUT2D eigenvalue weighted by atomic mass is 10.2. The summed E-state index contributed by atoms with van der Waals surface area (Å²) in [4.78, 5) is 4.85. The number of nitrogens with zero attached hydrogens (tertiary/aromatic N) is 3. The number of furan rings is 1. The van der Waals surface area contributed by atoms with Gasteiger partial charge in [0.1, 0.15) is 5.76 Å². The van der Waals surface area contributed by atoms with Gasteiger partial charge in [-0.3, -0.25) is 0 Å². The highest BCUT2D eigenvalue weighted by molar-refractivity contribution is 8.19. The molecule has 1 atom stereocenters. The van der Waals surface area contributed by atoms with E-state index < -0.39 is 6.26 Å². The monoisotopic (exact) mass is 419 g/mol. The number of aromatic nitrogens is 2. The Bertz CT molecular complexity index is 1280. The molecule has 0 aliphatic carbocycles. The van der Waals surface area contributed by atoms with Crippen molar-refractivity contribution < 1.29 is 8.94 Å². The smallest absolute Gasteiger partial charge is 0.227 e. The van der Waals surface area contributed by atoms with Crippen LogP contribution < -0.4 is 10.8 Å². The zero-order valence-corrected chi connectivity index (χ0v) is 17.7. The summed E-state index contributed by atoms with van der Waals surface area (Å²) in [6.07, 6.45) is -2.74. The molecule has 7 heteroatoms.